The molecule has 0 aliphatic heterocycles. The lowest BCUT2D eigenvalue weighted by Crippen LogP contribution is -2.41. The van der Waals surface area contributed by atoms with Gasteiger partial charge in [-0.05, 0) is 42.1 Å². The van der Waals surface area contributed by atoms with Gasteiger partial charge in [-0.25, -0.2) is 0 Å². The molecule has 0 radical (unpaired) electrons. The number of nitrogens with one attached hydrogen (secondary N) is 2. The topological polar surface area (TPSA) is 67.4 Å². The maximum atomic E-state index is 11.9. The van der Waals surface area contributed by atoms with E-state index in [4.69, 9.17) is 16.3 Å². The molecule has 2 N–H and O–H groups in total. The lowest BCUT2D eigenvalue weighted by molar-refractivity contribution is -0.122. The number of benzene rings is 3. The maximum absolute atomic E-state index is 11.9. The van der Waals surface area contributed by atoms with Gasteiger partial charge in [0.1, 0.15) is 5.75 Å². The second kappa shape index (κ2) is 9.05. The lowest BCUT2D eigenvalue weighted by Gasteiger charge is -2.10. The summed E-state index contributed by atoms with van der Waals surface area (Å²) in [6, 6.07) is 20.3. The normalized spacial score (nSPS) is 10.4. The summed E-state index contributed by atoms with van der Waals surface area (Å²) in [5, 5.41) is 2.69. The molecule has 0 saturated heterocycles. The first-order chi connectivity index (χ1) is 13.1. The standard InChI is InChI=1S/C21H19ClN2O3/c22-17-12-10-16(11-13-17)21(26)24-23-20(25)9-4-14-27-19-8-3-6-15-5-1-2-7-18(15)19/h1-3,5-8,10-13H,4,9,14H2,(H,23,25)(H,24,26). The average molecular weight is 383 g/mol. The SMILES string of the molecule is O=C(CCCOc1cccc2ccccc12)NNC(=O)c1ccc(Cl)cc1. The van der Waals surface area contributed by atoms with Crippen LogP contribution in [0.15, 0.2) is 66.7 Å². The highest BCUT2D eigenvalue weighted by Crippen LogP contribution is 2.25. The Bertz CT molecular complexity index is 936. The first kappa shape index (κ1) is 18.7. The zero-order valence-corrected chi connectivity index (χ0v) is 15.3. The van der Waals surface area contributed by atoms with E-state index in [9.17, 15) is 9.59 Å². The predicted octanol–water partition coefficient (Wildman–Crippen LogP) is 4.11. The Morgan fingerprint density at radius 1 is 0.889 bits per heavy atom. The average Bonchev–Trinajstić information content (AvgIpc) is 2.70. The Hall–Kier alpha value is -3.05. The molecule has 0 saturated carbocycles. The summed E-state index contributed by atoms with van der Waals surface area (Å²) in [6.45, 7) is 0.409. The predicted molar refractivity (Wildman–Crippen MR) is 106 cm³/mol. The summed E-state index contributed by atoms with van der Waals surface area (Å²) in [4.78, 5) is 23.8. The first-order valence-corrected chi connectivity index (χ1v) is 8.96. The fraction of sp³-hybridized carbons (Fsp3) is 0.143. The Morgan fingerprint density at radius 2 is 1.63 bits per heavy atom. The van der Waals surface area contributed by atoms with Crippen LogP contribution < -0.4 is 15.6 Å². The summed E-state index contributed by atoms with van der Waals surface area (Å²) < 4.78 is 5.80. The molecule has 0 aromatic heterocycles. The van der Waals surface area contributed by atoms with E-state index >= 15 is 0 Å². The molecule has 0 atom stereocenters. The van der Waals surface area contributed by atoms with Gasteiger partial charge < -0.3 is 4.74 Å². The second-order valence-electron chi connectivity index (χ2n) is 5.94. The third kappa shape index (κ3) is 5.21. The van der Waals surface area contributed by atoms with Gasteiger partial charge in [-0.15, -0.1) is 0 Å². The largest absolute Gasteiger partial charge is 0.493 e. The van der Waals surface area contributed by atoms with Crippen LogP contribution in [0.3, 0.4) is 0 Å². The van der Waals surface area contributed by atoms with E-state index in [0.717, 1.165) is 16.5 Å². The number of halogens is 1. The van der Waals surface area contributed by atoms with E-state index < -0.39 is 5.91 Å². The molecule has 0 unspecified atom stereocenters. The molecule has 0 bridgehead atoms. The number of amides is 2. The monoisotopic (exact) mass is 382 g/mol. The number of hydrazine groups is 1. The van der Waals surface area contributed by atoms with Crippen molar-refractivity contribution < 1.29 is 14.3 Å². The fourth-order valence-corrected chi connectivity index (χ4v) is 2.72. The van der Waals surface area contributed by atoms with Crippen LogP contribution in [-0.4, -0.2) is 18.4 Å². The van der Waals surface area contributed by atoms with Crippen LogP contribution in [0.5, 0.6) is 5.75 Å². The van der Waals surface area contributed by atoms with Crippen molar-refractivity contribution >= 4 is 34.2 Å². The third-order valence-corrected chi connectivity index (χ3v) is 4.23. The van der Waals surface area contributed by atoms with Crippen molar-refractivity contribution in [1.29, 1.82) is 0 Å². The van der Waals surface area contributed by atoms with Gasteiger partial charge in [0.05, 0.1) is 6.61 Å². The van der Waals surface area contributed by atoms with E-state index in [1.807, 2.05) is 42.5 Å². The summed E-state index contributed by atoms with van der Waals surface area (Å²) >= 11 is 5.78. The molecule has 6 heteroatoms. The van der Waals surface area contributed by atoms with Crippen molar-refractivity contribution in [2.24, 2.45) is 0 Å². The van der Waals surface area contributed by atoms with E-state index in [1.165, 1.54) is 0 Å². The number of hydrogen-bond donors (Lipinski definition) is 2. The number of hydrogen-bond acceptors (Lipinski definition) is 3. The molecule has 3 aromatic carbocycles. The van der Waals surface area contributed by atoms with Crippen LogP contribution in [0.4, 0.5) is 0 Å². The zero-order valence-electron chi connectivity index (χ0n) is 14.6. The number of ether oxygens (including phenoxy) is 1. The second-order valence-corrected chi connectivity index (χ2v) is 6.37. The molecular weight excluding hydrogens is 364 g/mol. The summed E-state index contributed by atoms with van der Waals surface area (Å²) in [5.41, 5.74) is 5.19. The van der Waals surface area contributed by atoms with Gasteiger partial charge in [0.2, 0.25) is 5.91 Å². The quantitative estimate of drug-likeness (QED) is 0.498. The van der Waals surface area contributed by atoms with Gasteiger partial charge in [-0.1, -0.05) is 48.0 Å². The zero-order chi connectivity index (χ0) is 19.1. The van der Waals surface area contributed by atoms with Crippen molar-refractivity contribution in [3.63, 3.8) is 0 Å². The van der Waals surface area contributed by atoms with Crippen LogP contribution in [0.1, 0.15) is 23.2 Å². The minimum absolute atomic E-state index is 0.242. The minimum atomic E-state index is -0.396. The maximum Gasteiger partial charge on any atom is 0.269 e. The molecule has 138 valence electrons. The highest BCUT2D eigenvalue weighted by molar-refractivity contribution is 6.30. The molecule has 3 aromatic rings. The van der Waals surface area contributed by atoms with E-state index in [0.29, 0.717) is 23.6 Å². The summed E-state index contributed by atoms with van der Waals surface area (Å²) in [7, 11) is 0. The highest BCUT2D eigenvalue weighted by atomic mass is 35.5. The molecule has 0 spiro atoms. The number of rotatable bonds is 6. The molecule has 3 rings (SSSR count). The Morgan fingerprint density at radius 3 is 2.44 bits per heavy atom. The molecule has 27 heavy (non-hydrogen) atoms. The molecule has 2 amide bonds. The summed E-state index contributed by atoms with van der Waals surface area (Å²) in [5.74, 6) is 0.121. The van der Waals surface area contributed by atoms with E-state index in [2.05, 4.69) is 10.9 Å². The van der Waals surface area contributed by atoms with Gasteiger partial charge in [0.15, 0.2) is 0 Å². The molecule has 0 aliphatic carbocycles. The van der Waals surface area contributed by atoms with Crippen molar-refractivity contribution in [1.82, 2.24) is 10.9 Å². The number of carbonyl (C=O) groups excluding carboxylic acids is 2. The van der Waals surface area contributed by atoms with Gasteiger partial charge in [-0.2, -0.15) is 0 Å². The Balaban J connectivity index is 1.40. The minimum Gasteiger partial charge on any atom is -0.493 e. The van der Waals surface area contributed by atoms with Gasteiger partial charge >= 0.3 is 0 Å². The van der Waals surface area contributed by atoms with Crippen LogP contribution in [0.25, 0.3) is 10.8 Å². The van der Waals surface area contributed by atoms with E-state index in [-0.39, 0.29) is 12.3 Å². The van der Waals surface area contributed by atoms with Crippen molar-refractivity contribution in [3.8, 4) is 5.75 Å². The lowest BCUT2D eigenvalue weighted by atomic mass is 10.1. The molecular formula is C21H19ClN2O3. The smallest absolute Gasteiger partial charge is 0.269 e. The molecule has 0 fully saturated rings. The van der Waals surface area contributed by atoms with Crippen LogP contribution >= 0.6 is 11.6 Å². The Kier molecular flexibility index (Phi) is 6.28. The van der Waals surface area contributed by atoms with Crippen LogP contribution in [0, 0.1) is 0 Å². The van der Waals surface area contributed by atoms with Gasteiger partial charge in [-0.3, -0.25) is 20.4 Å². The summed E-state index contributed by atoms with van der Waals surface area (Å²) in [6.07, 6.45) is 0.775. The Labute approximate surface area is 162 Å². The molecule has 0 aliphatic rings. The fourth-order valence-electron chi connectivity index (χ4n) is 2.60. The van der Waals surface area contributed by atoms with E-state index in [1.54, 1.807) is 24.3 Å². The highest BCUT2D eigenvalue weighted by Gasteiger charge is 2.07. The van der Waals surface area contributed by atoms with Crippen molar-refractivity contribution in [2.75, 3.05) is 6.61 Å². The van der Waals surface area contributed by atoms with Crippen molar-refractivity contribution in [2.45, 2.75) is 12.8 Å². The van der Waals surface area contributed by atoms with Gasteiger partial charge in [0.25, 0.3) is 5.91 Å². The number of fused-ring (bicyclic) bond motifs is 1. The molecule has 5 nitrogen and oxygen atoms in total. The van der Waals surface area contributed by atoms with Gasteiger partial charge in [0, 0.05) is 22.4 Å². The third-order valence-electron chi connectivity index (χ3n) is 3.98. The van der Waals surface area contributed by atoms with Crippen LogP contribution in [0.2, 0.25) is 5.02 Å². The van der Waals surface area contributed by atoms with Crippen LogP contribution in [-0.2, 0) is 4.79 Å². The first-order valence-electron chi connectivity index (χ1n) is 8.59. The molecule has 0 heterocycles. The van der Waals surface area contributed by atoms with Crippen molar-refractivity contribution in [3.05, 3.63) is 77.3 Å². The number of carbonyl (C=O) groups is 2.